The number of amides is 1. The minimum Gasteiger partial charge on any atom is -0.451 e. The number of hydrogen-bond acceptors (Lipinski definition) is 6. The summed E-state index contributed by atoms with van der Waals surface area (Å²) in [7, 11) is -3.95. The molecule has 2 aliphatic rings. The number of carbonyl (C=O) groups is 3. The van der Waals surface area contributed by atoms with Crippen LogP contribution in [-0.4, -0.2) is 47.1 Å². The molecule has 166 valence electrons. The number of esters is 1. The van der Waals surface area contributed by atoms with E-state index in [9.17, 15) is 22.8 Å². The van der Waals surface area contributed by atoms with E-state index < -0.39 is 44.0 Å². The molecule has 4 rings (SSSR count). The zero-order chi connectivity index (χ0) is 23.1. The normalized spacial score (nSPS) is 26.1. The van der Waals surface area contributed by atoms with E-state index in [1.807, 2.05) is 60.7 Å². The van der Waals surface area contributed by atoms with E-state index in [0.29, 0.717) is 11.1 Å². The van der Waals surface area contributed by atoms with Crippen LogP contribution in [0.1, 0.15) is 37.5 Å². The summed E-state index contributed by atoms with van der Waals surface area (Å²) in [5, 5.41) is -1.10. The maximum atomic E-state index is 13.5. The number of fused-ring (bicyclic) bond motifs is 1. The van der Waals surface area contributed by atoms with Crippen molar-refractivity contribution in [3.8, 4) is 0 Å². The summed E-state index contributed by atoms with van der Waals surface area (Å²) >= 11 is 0. The molecule has 0 unspecified atom stereocenters. The average Bonchev–Trinajstić information content (AvgIpc) is 2.92. The predicted octanol–water partition coefficient (Wildman–Crippen LogP) is 2.58. The Morgan fingerprint density at radius 3 is 2.06 bits per heavy atom. The molecule has 0 aromatic heterocycles. The Morgan fingerprint density at radius 1 is 1.06 bits per heavy atom. The lowest BCUT2D eigenvalue weighted by atomic mass is 9.95. The zero-order valence-corrected chi connectivity index (χ0v) is 18.5. The predicted molar refractivity (Wildman–Crippen MR) is 117 cm³/mol. The van der Waals surface area contributed by atoms with Crippen LogP contribution in [0.15, 0.2) is 72.8 Å². The Labute approximate surface area is 186 Å². The van der Waals surface area contributed by atoms with Gasteiger partial charge in [0.25, 0.3) is 0 Å². The summed E-state index contributed by atoms with van der Waals surface area (Å²) in [6, 6.07) is 16.8. The van der Waals surface area contributed by atoms with Crippen molar-refractivity contribution >= 4 is 27.5 Å². The molecule has 0 N–H and O–H groups in total. The highest BCUT2D eigenvalue weighted by atomic mass is 32.2. The van der Waals surface area contributed by atoms with Crippen molar-refractivity contribution in [1.29, 1.82) is 0 Å². The summed E-state index contributed by atoms with van der Waals surface area (Å²) in [6.07, 6.45) is 1.36. The van der Waals surface area contributed by atoms with Crippen molar-refractivity contribution in [2.45, 2.75) is 42.5 Å². The molecule has 2 aliphatic heterocycles. The number of hydrogen-bond donors (Lipinski definition) is 0. The SMILES string of the molecule is CC(=O)/C=C/[C@@]1(C)[C@H](C(=O)OC(c2ccccc2)c2ccccc2)N2C(=O)C[C@H]2S1(=O)=O. The molecule has 2 fully saturated rings. The van der Waals surface area contributed by atoms with E-state index in [1.165, 1.54) is 19.9 Å². The van der Waals surface area contributed by atoms with Gasteiger partial charge in [-0.05, 0) is 31.1 Å². The van der Waals surface area contributed by atoms with E-state index in [0.717, 1.165) is 11.0 Å². The van der Waals surface area contributed by atoms with Crippen molar-refractivity contribution in [2.24, 2.45) is 0 Å². The zero-order valence-electron chi connectivity index (χ0n) is 17.7. The number of sulfone groups is 1. The molecule has 1 amide bonds. The molecule has 2 saturated heterocycles. The van der Waals surface area contributed by atoms with Gasteiger partial charge in [-0.3, -0.25) is 9.59 Å². The van der Waals surface area contributed by atoms with E-state index in [4.69, 9.17) is 4.74 Å². The van der Waals surface area contributed by atoms with Crippen molar-refractivity contribution < 1.29 is 27.5 Å². The van der Waals surface area contributed by atoms with Gasteiger partial charge in [0.05, 0.1) is 6.42 Å². The molecule has 0 spiro atoms. The molecule has 8 heteroatoms. The van der Waals surface area contributed by atoms with E-state index in [-0.39, 0.29) is 12.2 Å². The number of β-lactam (4-membered cyclic amide) rings is 1. The van der Waals surface area contributed by atoms with Crippen LogP contribution in [0.25, 0.3) is 0 Å². The molecule has 3 atom stereocenters. The summed E-state index contributed by atoms with van der Waals surface area (Å²) < 4.78 is 30.5. The van der Waals surface area contributed by atoms with Crippen LogP contribution >= 0.6 is 0 Å². The van der Waals surface area contributed by atoms with Gasteiger partial charge in [-0.15, -0.1) is 0 Å². The smallest absolute Gasteiger partial charge is 0.331 e. The summed E-state index contributed by atoms with van der Waals surface area (Å²) in [5.41, 5.74) is 1.42. The maximum absolute atomic E-state index is 13.5. The van der Waals surface area contributed by atoms with Gasteiger partial charge in [0.15, 0.2) is 27.8 Å². The maximum Gasteiger partial charge on any atom is 0.331 e. The number of ketones is 1. The molecule has 7 nitrogen and oxygen atoms in total. The first kappa shape index (κ1) is 22.0. The molecule has 0 radical (unpaired) electrons. The summed E-state index contributed by atoms with van der Waals surface area (Å²) in [5.74, 6) is -1.63. The van der Waals surface area contributed by atoms with Gasteiger partial charge in [-0.25, -0.2) is 13.2 Å². The van der Waals surface area contributed by atoms with Crippen LogP contribution in [0.2, 0.25) is 0 Å². The first-order valence-corrected chi connectivity index (χ1v) is 11.8. The van der Waals surface area contributed by atoms with Gasteiger partial charge < -0.3 is 9.64 Å². The lowest BCUT2D eigenvalue weighted by Gasteiger charge is -2.36. The van der Waals surface area contributed by atoms with E-state index in [2.05, 4.69) is 0 Å². The quantitative estimate of drug-likeness (QED) is 0.379. The highest BCUT2D eigenvalue weighted by Crippen LogP contribution is 2.47. The molecular weight excluding hydrogens is 430 g/mol. The lowest BCUT2D eigenvalue weighted by molar-refractivity contribution is -0.163. The number of rotatable bonds is 6. The Balaban J connectivity index is 1.75. The first-order valence-electron chi connectivity index (χ1n) is 10.2. The minimum absolute atomic E-state index is 0.184. The molecule has 0 bridgehead atoms. The minimum atomic E-state index is -3.95. The number of allylic oxidation sites excluding steroid dienone is 1. The third kappa shape index (κ3) is 3.44. The Morgan fingerprint density at radius 2 is 1.59 bits per heavy atom. The number of carbonyl (C=O) groups excluding carboxylic acids is 3. The van der Waals surface area contributed by atoms with Crippen LogP contribution in [0.3, 0.4) is 0 Å². The van der Waals surface area contributed by atoms with E-state index >= 15 is 0 Å². The van der Waals surface area contributed by atoms with Crippen molar-refractivity contribution in [3.63, 3.8) is 0 Å². The summed E-state index contributed by atoms with van der Waals surface area (Å²) in [6.45, 7) is 2.65. The largest absolute Gasteiger partial charge is 0.451 e. The summed E-state index contributed by atoms with van der Waals surface area (Å²) in [4.78, 5) is 38.4. The molecule has 2 aromatic rings. The fourth-order valence-electron chi connectivity index (χ4n) is 4.28. The van der Waals surface area contributed by atoms with Gasteiger partial charge in [0, 0.05) is 0 Å². The van der Waals surface area contributed by atoms with Crippen LogP contribution < -0.4 is 0 Å². The number of nitrogens with zero attached hydrogens (tertiary/aromatic N) is 1. The molecule has 32 heavy (non-hydrogen) atoms. The van der Waals surface area contributed by atoms with Gasteiger partial charge in [0.2, 0.25) is 5.91 Å². The van der Waals surface area contributed by atoms with Crippen LogP contribution in [0, 0.1) is 0 Å². The topological polar surface area (TPSA) is 97.8 Å². The second-order valence-electron chi connectivity index (χ2n) is 8.17. The lowest BCUT2D eigenvalue weighted by Crippen LogP contribution is -2.57. The van der Waals surface area contributed by atoms with Crippen molar-refractivity contribution in [1.82, 2.24) is 4.90 Å². The highest BCUT2D eigenvalue weighted by Gasteiger charge is 2.69. The van der Waals surface area contributed by atoms with Gasteiger partial charge in [-0.1, -0.05) is 66.7 Å². The van der Waals surface area contributed by atoms with Crippen LogP contribution in [0.5, 0.6) is 0 Å². The first-order chi connectivity index (χ1) is 15.2. The molecule has 2 aromatic carbocycles. The van der Waals surface area contributed by atoms with E-state index in [1.54, 1.807) is 0 Å². The molecule has 0 aliphatic carbocycles. The Kier molecular flexibility index (Phi) is 5.50. The van der Waals surface area contributed by atoms with Gasteiger partial charge in [-0.2, -0.15) is 0 Å². The second-order valence-corrected chi connectivity index (χ2v) is 10.7. The number of ether oxygens (including phenoxy) is 1. The standard InChI is InChI=1S/C24H23NO6S/c1-16(26)13-14-24(2)22(25-19(27)15-20(25)32(24,29)30)23(28)31-21(17-9-5-3-6-10-17)18-11-7-4-8-12-18/h3-14,20-22H,15H2,1-2H3/b14-13+/t20-,22+,24+/m1/s1. The Hall–Kier alpha value is -3.26. The third-order valence-corrected chi connectivity index (χ3v) is 8.75. The van der Waals surface area contributed by atoms with Gasteiger partial charge in [0.1, 0.15) is 10.1 Å². The fourth-order valence-corrected chi connectivity index (χ4v) is 6.54. The van der Waals surface area contributed by atoms with Crippen molar-refractivity contribution in [2.75, 3.05) is 0 Å². The average molecular weight is 454 g/mol. The van der Waals surface area contributed by atoms with Gasteiger partial charge >= 0.3 is 5.97 Å². The second kappa shape index (κ2) is 8.02. The van der Waals surface area contributed by atoms with Crippen molar-refractivity contribution in [3.05, 3.63) is 83.9 Å². The molecular formula is C24H23NO6S. The molecule has 2 heterocycles. The van der Waals surface area contributed by atoms with Crippen LogP contribution in [-0.2, 0) is 29.0 Å². The monoisotopic (exact) mass is 453 g/mol. The number of benzene rings is 2. The fraction of sp³-hybridized carbons (Fsp3) is 0.292. The molecule has 0 saturated carbocycles. The van der Waals surface area contributed by atoms with Crippen LogP contribution in [0.4, 0.5) is 0 Å². The third-order valence-electron chi connectivity index (χ3n) is 6.05. The Bertz CT molecular complexity index is 1150. The highest BCUT2D eigenvalue weighted by molar-refractivity contribution is 7.94.